The Balaban J connectivity index is 1.74. The minimum atomic E-state index is -2.91. The summed E-state index contributed by atoms with van der Waals surface area (Å²) in [5.74, 6) is -2.59. The smallest absolute Gasteiger partial charge is 0.270 e. The standard InChI is InChI=1S/C22H22F2N2O2/c1-22(23,24)15-6-4-14(5-7-15)18(12-16-8-11-20(27)25-16)19-10-9-17(13-2-3-13)21(28)26-19/h4-7,9-10,12-13,16H,2-3,8,11H2,1H3,(H,25,27)(H,26,28). The Hall–Kier alpha value is -2.76. The van der Waals surface area contributed by atoms with Crippen LogP contribution >= 0.6 is 0 Å². The molecule has 4 rings (SSSR count). The summed E-state index contributed by atoms with van der Waals surface area (Å²) in [6.45, 7) is 0.862. The van der Waals surface area contributed by atoms with Gasteiger partial charge in [-0.15, -0.1) is 0 Å². The largest absolute Gasteiger partial charge is 0.350 e. The highest BCUT2D eigenvalue weighted by Crippen LogP contribution is 2.38. The lowest BCUT2D eigenvalue weighted by molar-refractivity contribution is -0.119. The molecule has 2 aromatic rings. The van der Waals surface area contributed by atoms with Crippen LogP contribution in [0.1, 0.15) is 60.9 Å². The van der Waals surface area contributed by atoms with E-state index in [1.807, 2.05) is 18.2 Å². The van der Waals surface area contributed by atoms with Gasteiger partial charge >= 0.3 is 0 Å². The first-order chi connectivity index (χ1) is 13.3. The molecule has 2 aliphatic rings. The van der Waals surface area contributed by atoms with Gasteiger partial charge in [0.2, 0.25) is 5.91 Å². The summed E-state index contributed by atoms with van der Waals surface area (Å²) in [6, 6.07) is 9.61. The maximum absolute atomic E-state index is 13.6. The summed E-state index contributed by atoms with van der Waals surface area (Å²) in [6.07, 6.45) is 5.08. The lowest BCUT2D eigenvalue weighted by atomic mass is 9.96. The molecule has 2 fully saturated rings. The highest BCUT2D eigenvalue weighted by atomic mass is 19.3. The number of alkyl halides is 2. The Labute approximate surface area is 161 Å². The fraction of sp³-hybridized carbons (Fsp3) is 0.364. The topological polar surface area (TPSA) is 62.0 Å². The normalized spacial score (nSPS) is 20.3. The van der Waals surface area contributed by atoms with E-state index in [0.29, 0.717) is 30.0 Å². The zero-order valence-electron chi connectivity index (χ0n) is 15.6. The van der Waals surface area contributed by atoms with Gasteiger partial charge in [0.05, 0.1) is 0 Å². The summed E-state index contributed by atoms with van der Waals surface area (Å²) in [4.78, 5) is 27.0. The molecule has 1 aromatic carbocycles. The molecular weight excluding hydrogens is 362 g/mol. The Morgan fingerprint density at radius 3 is 2.32 bits per heavy atom. The van der Waals surface area contributed by atoms with Crippen molar-refractivity contribution in [2.24, 2.45) is 0 Å². The van der Waals surface area contributed by atoms with E-state index in [-0.39, 0.29) is 23.1 Å². The lowest BCUT2D eigenvalue weighted by Gasteiger charge is -2.15. The van der Waals surface area contributed by atoms with Gasteiger partial charge in [0, 0.05) is 41.8 Å². The lowest BCUT2D eigenvalue weighted by Crippen LogP contribution is -2.23. The van der Waals surface area contributed by atoms with Crippen molar-refractivity contribution in [2.45, 2.75) is 50.5 Å². The number of aromatic nitrogens is 1. The fourth-order valence-corrected chi connectivity index (χ4v) is 3.61. The predicted molar refractivity (Wildman–Crippen MR) is 103 cm³/mol. The molecule has 146 valence electrons. The average molecular weight is 384 g/mol. The van der Waals surface area contributed by atoms with Crippen LogP contribution in [0.25, 0.3) is 5.57 Å². The maximum Gasteiger partial charge on any atom is 0.270 e. The van der Waals surface area contributed by atoms with E-state index in [9.17, 15) is 18.4 Å². The van der Waals surface area contributed by atoms with Crippen LogP contribution in [0.3, 0.4) is 0 Å². The third-order valence-corrected chi connectivity index (χ3v) is 5.35. The second kappa shape index (κ2) is 7.00. The Kier molecular flexibility index (Phi) is 4.65. The summed E-state index contributed by atoms with van der Waals surface area (Å²) in [5, 5.41) is 2.89. The van der Waals surface area contributed by atoms with Gasteiger partial charge in [0.1, 0.15) is 0 Å². The predicted octanol–water partition coefficient (Wildman–Crippen LogP) is 4.07. The average Bonchev–Trinajstić information content (AvgIpc) is 3.40. The minimum Gasteiger partial charge on any atom is -0.350 e. The van der Waals surface area contributed by atoms with E-state index in [0.717, 1.165) is 30.9 Å². The molecule has 1 aliphatic heterocycles. The summed E-state index contributed by atoms with van der Waals surface area (Å²) >= 11 is 0. The van der Waals surface area contributed by atoms with Gasteiger partial charge in [-0.3, -0.25) is 9.59 Å². The molecule has 28 heavy (non-hydrogen) atoms. The first kappa shape index (κ1) is 18.6. The molecule has 0 spiro atoms. The second-order valence-electron chi connectivity index (χ2n) is 7.69. The van der Waals surface area contributed by atoms with Gasteiger partial charge in [0.25, 0.3) is 11.5 Å². The van der Waals surface area contributed by atoms with Crippen molar-refractivity contribution in [3.8, 4) is 0 Å². The molecule has 0 radical (unpaired) electrons. The van der Waals surface area contributed by atoms with Crippen molar-refractivity contribution < 1.29 is 13.6 Å². The van der Waals surface area contributed by atoms with Gasteiger partial charge < -0.3 is 10.3 Å². The van der Waals surface area contributed by atoms with E-state index >= 15 is 0 Å². The maximum atomic E-state index is 13.6. The molecule has 1 saturated carbocycles. The highest BCUT2D eigenvalue weighted by molar-refractivity contribution is 5.82. The third-order valence-electron chi connectivity index (χ3n) is 5.35. The minimum absolute atomic E-state index is 0.0147. The summed E-state index contributed by atoms with van der Waals surface area (Å²) in [7, 11) is 0. The number of amides is 1. The van der Waals surface area contributed by atoms with Crippen LogP contribution in [0.4, 0.5) is 8.78 Å². The molecule has 1 saturated heterocycles. The Morgan fingerprint density at radius 1 is 1.07 bits per heavy atom. The number of benzene rings is 1. The van der Waals surface area contributed by atoms with Crippen LogP contribution in [0, 0.1) is 0 Å². The van der Waals surface area contributed by atoms with Crippen LogP contribution in [-0.4, -0.2) is 16.9 Å². The number of hydrogen-bond donors (Lipinski definition) is 2. The molecule has 4 nitrogen and oxygen atoms in total. The quantitative estimate of drug-likeness (QED) is 0.816. The Morgan fingerprint density at radius 2 is 1.79 bits per heavy atom. The van der Waals surface area contributed by atoms with E-state index in [2.05, 4.69) is 10.3 Å². The molecule has 1 aromatic heterocycles. The molecule has 0 bridgehead atoms. The first-order valence-corrected chi connectivity index (χ1v) is 9.55. The van der Waals surface area contributed by atoms with E-state index in [4.69, 9.17) is 0 Å². The number of nitrogens with one attached hydrogen (secondary N) is 2. The monoisotopic (exact) mass is 384 g/mol. The Bertz CT molecular complexity index is 983. The van der Waals surface area contributed by atoms with Gasteiger partial charge in [-0.1, -0.05) is 36.4 Å². The molecular formula is C22H22F2N2O2. The van der Waals surface area contributed by atoms with Gasteiger partial charge in [-0.2, -0.15) is 0 Å². The zero-order chi connectivity index (χ0) is 19.9. The van der Waals surface area contributed by atoms with Gasteiger partial charge in [-0.05, 0) is 36.8 Å². The van der Waals surface area contributed by atoms with Crippen LogP contribution < -0.4 is 10.9 Å². The van der Waals surface area contributed by atoms with Crippen molar-refractivity contribution in [2.75, 3.05) is 0 Å². The highest BCUT2D eigenvalue weighted by Gasteiger charge is 2.27. The summed E-state index contributed by atoms with van der Waals surface area (Å²) < 4.78 is 27.1. The summed E-state index contributed by atoms with van der Waals surface area (Å²) in [5.41, 5.74) is 2.66. The van der Waals surface area contributed by atoms with E-state index in [1.54, 1.807) is 12.1 Å². The molecule has 1 amide bonds. The number of hydrogen-bond acceptors (Lipinski definition) is 2. The van der Waals surface area contributed by atoms with Gasteiger partial charge in [-0.25, -0.2) is 8.78 Å². The molecule has 1 atom stereocenters. The number of aromatic amines is 1. The SMILES string of the molecule is CC(F)(F)c1ccc(C(=CC2CCC(=O)N2)c2ccc(C3CC3)c(=O)[nH]2)cc1. The number of rotatable bonds is 5. The van der Waals surface area contributed by atoms with Gasteiger partial charge in [0.15, 0.2) is 0 Å². The van der Waals surface area contributed by atoms with E-state index < -0.39 is 5.92 Å². The molecule has 2 heterocycles. The van der Waals surface area contributed by atoms with Crippen molar-refractivity contribution >= 4 is 11.5 Å². The molecule has 1 aliphatic carbocycles. The van der Waals surface area contributed by atoms with E-state index in [1.165, 1.54) is 12.1 Å². The molecule has 2 N–H and O–H groups in total. The fourth-order valence-electron chi connectivity index (χ4n) is 3.61. The van der Waals surface area contributed by atoms with Crippen molar-refractivity contribution in [1.29, 1.82) is 0 Å². The van der Waals surface area contributed by atoms with Crippen molar-refractivity contribution in [3.63, 3.8) is 0 Å². The van der Waals surface area contributed by atoms with Crippen LogP contribution in [0.15, 0.2) is 47.3 Å². The van der Waals surface area contributed by atoms with Crippen molar-refractivity contribution in [1.82, 2.24) is 10.3 Å². The molecule has 1 unspecified atom stereocenters. The number of halogens is 2. The number of carbonyl (C=O) groups excluding carboxylic acids is 1. The number of pyridine rings is 1. The molecule has 6 heteroatoms. The number of H-pyrrole nitrogens is 1. The van der Waals surface area contributed by atoms with Crippen LogP contribution in [0.5, 0.6) is 0 Å². The van der Waals surface area contributed by atoms with Crippen LogP contribution in [0.2, 0.25) is 0 Å². The number of carbonyl (C=O) groups is 1. The zero-order valence-corrected chi connectivity index (χ0v) is 15.6. The third kappa shape index (κ3) is 3.91. The van der Waals surface area contributed by atoms with Crippen LogP contribution in [-0.2, 0) is 10.7 Å². The first-order valence-electron chi connectivity index (χ1n) is 9.55. The van der Waals surface area contributed by atoms with Crippen molar-refractivity contribution in [3.05, 3.63) is 75.2 Å². The second-order valence-corrected chi connectivity index (χ2v) is 7.69.